The van der Waals surface area contributed by atoms with Crippen LogP contribution in [0.4, 0.5) is 20.6 Å². The minimum atomic E-state index is -0.554. The van der Waals surface area contributed by atoms with Gasteiger partial charge in [-0.25, -0.2) is 9.18 Å². The third-order valence-electron chi connectivity index (χ3n) is 4.85. The van der Waals surface area contributed by atoms with Crippen LogP contribution in [0.15, 0.2) is 72.9 Å². The average Bonchev–Trinajstić information content (AvgIpc) is 3.32. The number of aromatic nitrogens is 2. The predicted molar refractivity (Wildman–Crippen MR) is 131 cm³/mol. The molecule has 0 radical (unpaired) electrons. The van der Waals surface area contributed by atoms with Crippen LogP contribution in [-0.4, -0.2) is 22.1 Å². The lowest BCUT2D eigenvalue weighted by molar-refractivity contribution is 0.102. The summed E-state index contributed by atoms with van der Waals surface area (Å²) >= 11 is 11.9. The Morgan fingerprint density at radius 1 is 0.941 bits per heavy atom. The summed E-state index contributed by atoms with van der Waals surface area (Å²) < 4.78 is 13.5. The van der Waals surface area contributed by atoms with E-state index in [4.69, 9.17) is 23.2 Å². The molecule has 1 aromatic heterocycles. The Morgan fingerprint density at radius 2 is 1.76 bits per heavy atom. The highest BCUT2D eigenvalue weighted by Gasteiger charge is 2.17. The summed E-state index contributed by atoms with van der Waals surface area (Å²) in [6.45, 7) is 0.227. The number of H-pyrrole nitrogens is 1. The SMILES string of the molecule is O=C(NCc1cccc(NC(=O)c2cn[nH]c2-c2ccc(F)c(Cl)c2)c1)Nc1ccccc1Cl. The number of nitrogens with zero attached hydrogens (tertiary/aromatic N) is 1. The second kappa shape index (κ2) is 10.4. The molecule has 0 saturated carbocycles. The fourth-order valence-corrected chi connectivity index (χ4v) is 3.56. The van der Waals surface area contributed by atoms with Crippen LogP contribution < -0.4 is 16.0 Å². The molecule has 0 saturated heterocycles. The second-order valence-electron chi connectivity index (χ2n) is 7.23. The number of carbonyl (C=O) groups excluding carboxylic acids is 2. The molecule has 1 heterocycles. The van der Waals surface area contributed by atoms with E-state index in [0.29, 0.717) is 27.7 Å². The van der Waals surface area contributed by atoms with Crippen molar-refractivity contribution in [2.24, 2.45) is 0 Å². The van der Waals surface area contributed by atoms with Gasteiger partial charge in [0.2, 0.25) is 0 Å². The number of hydrogen-bond acceptors (Lipinski definition) is 3. The van der Waals surface area contributed by atoms with Crippen molar-refractivity contribution in [1.82, 2.24) is 15.5 Å². The van der Waals surface area contributed by atoms with Crippen LogP contribution in [0.1, 0.15) is 15.9 Å². The van der Waals surface area contributed by atoms with Gasteiger partial charge in [0.05, 0.1) is 33.2 Å². The van der Waals surface area contributed by atoms with E-state index in [9.17, 15) is 14.0 Å². The van der Waals surface area contributed by atoms with Crippen molar-refractivity contribution >= 4 is 46.5 Å². The molecule has 172 valence electrons. The standard InChI is InChI=1S/C24H18Cl2FN5O2/c25-18-6-1-2-7-21(18)31-24(34)28-12-14-4-3-5-16(10-14)30-23(33)17-13-29-32-22(17)15-8-9-20(27)19(26)11-15/h1-11,13H,12H2,(H,29,32)(H,30,33)(H2,28,31,34). The number of aromatic amines is 1. The van der Waals surface area contributed by atoms with Crippen molar-refractivity contribution in [3.8, 4) is 11.3 Å². The van der Waals surface area contributed by atoms with Gasteiger partial charge in [0, 0.05) is 17.8 Å². The quantitative estimate of drug-likeness (QED) is 0.259. The summed E-state index contributed by atoms with van der Waals surface area (Å²) in [5.41, 5.74) is 3.00. The summed E-state index contributed by atoms with van der Waals surface area (Å²) in [5, 5.41) is 15.3. The molecule has 0 aliphatic carbocycles. The van der Waals surface area contributed by atoms with Crippen LogP contribution in [-0.2, 0) is 6.54 Å². The summed E-state index contributed by atoms with van der Waals surface area (Å²) in [7, 11) is 0. The van der Waals surface area contributed by atoms with E-state index in [1.165, 1.54) is 24.4 Å². The number of rotatable bonds is 6. The third kappa shape index (κ3) is 5.54. The van der Waals surface area contributed by atoms with Crippen molar-refractivity contribution in [2.75, 3.05) is 10.6 Å². The van der Waals surface area contributed by atoms with Crippen LogP contribution in [0.5, 0.6) is 0 Å². The Hall–Kier alpha value is -3.88. The van der Waals surface area contributed by atoms with E-state index in [-0.39, 0.29) is 17.1 Å². The van der Waals surface area contributed by atoms with E-state index in [1.54, 1.807) is 42.5 Å². The molecule has 0 unspecified atom stereocenters. The minimum absolute atomic E-state index is 0.0581. The van der Waals surface area contributed by atoms with Gasteiger partial charge >= 0.3 is 6.03 Å². The van der Waals surface area contributed by atoms with Crippen molar-refractivity contribution < 1.29 is 14.0 Å². The molecule has 34 heavy (non-hydrogen) atoms. The number of nitrogens with one attached hydrogen (secondary N) is 4. The van der Waals surface area contributed by atoms with Crippen molar-refractivity contribution in [2.45, 2.75) is 6.54 Å². The Balaban J connectivity index is 1.40. The molecule has 0 atom stereocenters. The molecule has 0 bridgehead atoms. The molecule has 3 amide bonds. The topological polar surface area (TPSA) is 98.9 Å². The van der Waals surface area contributed by atoms with E-state index in [1.807, 2.05) is 6.07 Å². The van der Waals surface area contributed by atoms with Gasteiger partial charge in [0.25, 0.3) is 5.91 Å². The van der Waals surface area contributed by atoms with Gasteiger partial charge < -0.3 is 16.0 Å². The summed E-state index contributed by atoms with van der Waals surface area (Å²) in [5.74, 6) is -0.965. The number of amides is 3. The number of carbonyl (C=O) groups is 2. The molecule has 0 aliphatic heterocycles. The van der Waals surface area contributed by atoms with Crippen molar-refractivity contribution in [3.05, 3.63) is 99.9 Å². The highest BCUT2D eigenvalue weighted by atomic mass is 35.5. The van der Waals surface area contributed by atoms with Crippen molar-refractivity contribution in [3.63, 3.8) is 0 Å². The van der Waals surface area contributed by atoms with Crippen LogP contribution in [0.3, 0.4) is 0 Å². The number of anilines is 2. The Labute approximate surface area is 204 Å². The molecule has 0 spiro atoms. The molecule has 4 aromatic rings. The number of benzene rings is 3. The maximum absolute atomic E-state index is 13.5. The third-order valence-corrected chi connectivity index (χ3v) is 5.47. The van der Waals surface area contributed by atoms with Gasteiger partial charge in [-0.1, -0.05) is 47.5 Å². The predicted octanol–water partition coefficient (Wildman–Crippen LogP) is 6.10. The molecular weight excluding hydrogens is 480 g/mol. The smallest absolute Gasteiger partial charge is 0.319 e. The Bertz CT molecular complexity index is 1360. The molecule has 3 aromatic carbocycles. The fraction of sp³-hybridized carbons (Fsp3) is 0.0417. The fourth-order valence-electron chi connectivity index (χ4n) is 3.20. The van der Waals surface area contributed by atoms with Gasteiger partial charge in [0.15, 0.2) is 0 Å². The summed E-state index contributed by atoms with van der Waals surface area (Å²) in [4.78, 5) is 25.0. The molecule has 0 fully saturated rings. The molecule has 4 rings (SSSR count). The van der Waals surface area contributed by atoms with Gasteiger partial charge in [0.1, 0.15) is 5.82 Å². The van der Waals surface area contributed by atoms with Gasteiger partial charge in [-0.2, -0.15) is 5.10 Å². The van der Waals surface area contributed by atoms with Gasteiger partial charge in [-0.15, -0.1) is 0 Å². The number of urea groups is 1. The normalized spacial score (nSPS) is 10.6. The zero-order valence-electron chi connectivity index (χ0n) is 17.5. The lowest BCUT2D eigenvalue weighted by Crippen LogP contribution is -2.28. The number of para-hydroxylation sites is 1. The lowest BCUT2D eigenvalue weighted by atomic mass is 10.1. The van der Waals surface area contributed by atoms with E-state index < -0.39 is 17.8 Å². The molecule has 4 N–H and O–H groups in total. The maximum Gasteiger partial charge on any atom is 0.319 e. The maximum atomic E-state index is 13.5. The van der Waals surface area contributed by atoms with E-state index >= 15 is 0 Å². The number of hydrogen-bond donors (Lipinski definition) is 4. The summed E-state index contributed by atoms with van der Waals surface area (Å²) in [6.07, 6.45) is 1.38. The molecule has 10 heteroatoms. The minimum Gasteiger partial charge on any atom is -0.334 e. The monoisotopic (exact) mass is 497 g/mol. The molecule has 0 aliphatic rings. The zero-order valence-corrected chi connectivity index (χ0v) is 19.0. The largest absolute Gasteiger partial charge is 0.334 e. The van der Waals surface area contributed by atoms with Gasteiger partial charge in [-0.05, 0) is 48.0 Å². The van der Waals surface area contributed by atoms with E-state index in [0.717, 1.165) is 5.56 Å². The average molecular weight is 498 g/mol. The Kier molecular flexibility index (Phi) is 7.10. The van der Waals surface area contributed by atoms with Crippen LogP contribution in [0.2, 0.25) is 10.0 Å². The molecule has 7 nitrogen and oxygen atoms in total. The summed E-state index contributed by atoms with van der Waals surface area (Å²) in [6, 6.07) is 17.7. The van der Waals surface area contributed by atoms with E-state index in [2.05, 4.69) is 26.1 Å². The van der Waals surface area contributed by atoms with Gasteiger partial charge in [-0.3, -0.25) is 9.89 Å². The van der Waals surface area contributed by atoms with Crippen LogP contribution in [0, 0.1) is 5.82 Å². The molecular formula is C24H18Cl2FN5O2. The van der Waals surface area contributed by atoms with Crippen LogP contribution in [0.25, 0.3) is 11.3 Å². The highest BCUT2D eigenvalue weighted by molar-refractivity contribution is 6.33. The first kappa shape index (κ1) is 23.3. The Morgan fingerprint density at radius 3 is 2.56 bits per heavy atom. The van der Waals surface area contributed by atoms with Crippen LogP contribution >= 0.6 is 23.2 Å². The zero-order chi connectivity index (χ0) is 24.1. The van der Waals surface area contributed by atoms with Crippen molar-refractivity contribution in [1.29, 1.82) is 0 Å². The lowest BCUT2D eigenvalue weighted by Gasteiger charge is -2.11. The number of halogens is 3. The first-order chi connectivity index (χ1) is 16.4. The highest BCUT2D eigenvalue weighted by Crippen LogP contribution is 2.26. The first-order valence-electron chi connectivity index (χ1n) is 10.1. The first-order valence-corrected chi connectivity index (χ1v) is 10.8. The second-order valence-corrected chi connectivity index (χ2v) is 8.04.